The monoisotopic (exact) mass is 382 g/mol. The minimum atomic E-state index is -0.628. The van der Waals surface area contributed by atoms with Crippen LogP contribution >= 0.6 is 11.3 Å². The summed E-state index contributed by atoms with van der Waals surface area (Å²) in [5.41, 5.74) is 1.95. The molecule has 1 N–H and O–H groups in total. The highest BCUT2D eigenvalue weighted by Gasteiger charge is 2.19. The lowest BCUT2D eigenvalue weighted by molar-refractivity contribution is -0.115. The summed E-state index contributed by atoms with van der Waals surface area (Å²) in [7, 11) is 0. The number of rotatable bonds is 5. The molecule has 1 aromatic heterocycles. The molecule has 0 fully saturated rings. The smallest absolute Gasteiger partial charge is 0.342 e. The molecule has 0 unspecified atom stereocenters. The summed E-state index contributed by atoms with van der Waals surface area (Å²) in [5, 5.41) is 12.2. The number of aromatic nitrogens is 1. The molecule has 0 bridgehead atoms. The number of thiazole rings is 1. The van der Waals surface area contributed by atoms with E-state index >= 15 is 0 Å². The van der Waals surface area contributed by atoms with E-state index in [-0.39, 0.29) is 23.8 Å². The zero-order valence-electron chi connectivity index (χ0n) is 14.9. The van der Waals surface area contributed by atoms with Crippen molar-refractivity contribution in [3.63, 3.8) is 0 Å². The van der Waals surface area contributed by atoms with Crippen molar-refractivity contribution in [1.82, 2.24) is 4.98 Å². The minimum absolute atomic E-state index is 0.0523. The maximum absolute atomic E-state index is 12.2. The molecule has 0 radical (unpaired) electrons. The Kier molecular flexibility index (Phi) is 5.52. The van der Waals surface area contributed by atoms with Gasteiger partial charge in [-0.3, -0.25) is 9.69 Å². The van der Waals surface area contributed by atoms with Crippen molar-refractivity contribution >= 4 is 34.0 Å². The van der Waals surface area contributed by atoms with Crippen LogP contribution in [0.5, 0.6) is 5.75 Å². The predicted octanol–water partition coefficient (Wildman–Crippen LogP) is 4.20. The zero-order valence-corrected chi connectivity index (χ0v) is 15.7. The molecule has 138 valence electrons. The normalized spacial score (nSPS) is 10.4. The van der Waals surface area contributed by atoms with Crippen molar-refractivity contribution in [1.29, 1.82) is 0 Å². The van der Waals surface area contributed by atoms with Crippen LogP contribution in [0.15, 0.2) is 53.9 Å². The number of phenols is 1. The van der Waals surface area contributed by atoms with Gasteiger partial charge in [-0.05, 0) is 30.7 Å². The van der Waals surface area contributed by atoms with Gasteiger partial charge in [-0.25, -0.2) is 9.78 Å². The van der Waals surface area contributed by atoms with Crippen LogP contribution in [0.2, 0.25) is 0 Å². The number of amides is 1. The van der Waals surface area contributed by atoms with Crippen LogP contribution in [-0.4, -0.2) is 22.0 Å². The van der Waals surface area contributed by atoms with E-state index in [1.807, 2.05) is 30.3 Å². The number of para-hydroxylation sites is 2. The Morgan fingerprint density at radius 3 is 2.59 bits per heavy atom. The number of carbonyl (C=O) groups excluding carboxylic acids is 2. The first-order chi connectivity index (χ1) is 13.0. The molecule has 0 aliphatic heterocycles. The maximum Gasteiger partial charge on any atom is 0.342 e. The van der Waals surface area contributed by atoms with Gasteiger partial charge in [0, 0.05) is 12.3 Å². The van der Waals surface area contributed by atoms with E-state index < -0.39 is 5.97 Å². The van der Waals surface area contributed by atoms with Crippen LogP contribution in [0.25, 0.3) is 0 Å². The number of benzene rings is 2. The summed E-state index contributed by atoms with van der Waals surface area (Å²) < 4.78 is 5.25. The van der Waals surface area contributed by atoms with E-state index in [1.54, 1.807) is 24.4 Å². The molecule has 0 aliphatic carbocycles. The molecule has 0 saturated carbocycles. The van der Waals surface area contributed by atoms with Crippen LogP contribution in [0.1, 0.15) is 28.5 Å². The summed E-state index contributed by atoms with van der Waals surface area (Å²) in [6, 6.07) is 14.1. The van der Waals surface area contributed by atoms with Gasteiger partial charge in [0.05, 0.1) is 11.4 Å². The van der Waals surface area contributed by atoms with E-state index in [4.69, 9.17) is 4.74 Å². The predicted molar refractivity (Wildman–Crippen MR) is 103 cm³/mol. The number of hydrogen-bond donors (Lipinski definition) is 1. The van der Waals surface area contributed by atoms with Gasteiger partial charge in [0.15, 0.2) is 5.13 Å². The molecule has 3 aromatic rings. The molecule has 0 atom stereocenters. The summed E-state index contributed by atoms with van der Waals surface area (Å²) in [4.78, 5) is 30.1. The van der Waals surface area contributed by atoms with Gasteiger partial charge in [0.25, 0.3) is 0 Å². The van der Waals surface area contributed by atoms with Crippen molar-refractivity contribution in [3.05, 3.63) is 70.7 Å². The van der Waals surface area contributed by atoms with Gasteiger partial charge in [-0.15, -0.1) is 11.3 Å². The molecular weight excluding hydrogens is 364 g/mol. The number of phenolic OH excluding ortho intramolecular Hbond substituents is 1. The van der Waals surface area contributed by atoms with Gasteiger partial charge < -0.3 is 9.84 Å². The SMILES string of the molecule is CC(=O)N(c1ccccc1)c1nc(COC(=O)c2cccc(C)c2O)cs1. The van der Waals surface area contributed by atoms with Crippen LogP contribution in [0.3, 0.4) is 0 Å². The zero-order chi connectivity index (χ0) is 19.4. The molecule has 2 aromatic carbocycles. The van der Waals surface area contributed by atoms with Crippen molar-refractivity contribution in [2.75, 3.05) is 4.90 Å². The third kappa shape index (κ3) is 4.15. The number of ether oxygens (including phenoxy) is 1. The third-order valence-corrected chi connectivity index (χ3v) is 4.74. The fraction of sp³-hybridized carbons (Fsp3) is 0.150. The highest BCUT2D eigenvalue weighted by molar-refractivity contribution is 7.14. The number of hydrogen-bond acceptors (Lipinski definition) is 6. The highest BCUT2D eigenvalue weighted by atomic mass is 32.1. The first kappa shape index (κ1) is 18.6. The number of anilines is 2. The van der Waals surface area contributed by atoms with Gasteiger partial charge in [0.1, 0.15) is 17.9 Å². The van der Waals surface area contributed by atoms with Gasteiger partial charge in [-0.2, -0.15) is 0 Å². The fourth-order valence-corrected chi connectivity index (χ4v) is 3.38. The first-order valence-electron chi connectivity index (χ1n) is 8.23. The van der Waals surface area contributed by atoms with Crippen molar-refractivity contribution in [3.8, 4) is 5.75 Å². The lowest BCUT2D eigenvalue weighted by Crippen LogP contribution is -2.22. The fourth-order valence-electron chi connectivity index (χ4n) is 2.51. The standard InChI is InChI=1S/C20H18N2O4S/c1-13-7-6-10-17(18(13)24)19(25)26-11-15-12-27-20(21-15)22(14(2)23)16-8-4-3-5-9-16/h3-10,12,24H,11H2,1-2H3. The van der Waals surface area contributed by atoms with Crippen molar-refractivity contribution in [2.24, 2.45) is 0 Å². The van der Waals surface area contributed by atoms with Crippen LogP contribution in [0, 0.1) is 6.92 Å². The molecule has 6 nitrogen and oxygen atoms in total. The van der Waals surface area contributed by atoms with E-state index in [0.717, 1.165) is 0 Å². The van der Waals surface area contributed by atoms with Crippen LogP contribution in [-0.2, 0) is 16.1 Å². The number of esters is 1. The average Bonchev–Trinajstić information content (AvgIpc) is 3.11. The Morgan fingerprint density at radius 1 is 1.15 bits per heavy atom. The summed E-state index contributed by atoms with van der Waals surface area (Å²) in [6.07, 6.45) is 0. The number of nitrogens with zero attached hydrogens (tertiary/aromatic N) is 2. The van der Waals surface area contributed by atoms with Gasteiger partial charge in [-0.1, -0.05) is 30.3 Å². The second-order valence-corrected chi connectivity index (χ2v) is 6.70. The Balaban J connectivity index is 1.73. The molecule has 0 saturated heterocycles. The lowest BCUT2D eigenvalue weighted by Gasteiger charge is -2.17. The van der Waals surface area contributed by atoms with Crippen molar-refractivity contribution < 1.29 is 19.4 Å². The highest BCUT2D eigenvalue weighted by Crippen LogP contribution is 2.29. The van der Waals surface area contributed by atoms with Gasteiger partial charge in [0.2, 0.25) is 5.91 Å². The second kappa shape index (κ2) is 8.01. The Morgan fingerprint density at radius 2 is 1.89 bits per heavy atom. The molecule has 7 heteroatoms. The number of carbonyl (C=O) groups is 2. The van der Waals surface area contributed by atoms with Crippen molar-refractivity contribution in [2.45, 2.75) is 20.5 Å². The molecule has 1 heterocycles. The van der Waals surface area contributed by atoms with Crippen LogP contribution < -0.4 is 4.90 Å². The summed E-state index contributed by atoms with van der Waals surface area (Å²) in [5.74, 6) is -0.880. The van der Waals surface area contributed by atoms with E-state index in [1.165, 1.54) is 29.2 Å². The topological polar surface area (TPSA) is 79.7 Å². The van der Waals surface area contributed by atoms with E-state index in [9.17, 15) is 14.7 Å². The molecular formula is C20H18N2O4S. The average molecular weight is 382 g/mol. The molecule has 1 amide bonds. The Labute approximate surface area is 160 Å². The Bertz CT molecular complexity index is 969. The molecule has 0 spiro atoms. The van der Waals surface area contributed by atoms with Gasteiger partial charge >= 0.3 is 5.97 Å². The summed E-state index contributed by atoms with van der Waals surface area (Å²) in [6.45, 7) is 3.12. The third-order valence-electron chi connectivity index (χ3n) is 3.87. The van der Waals surface area contributed by atoms with E-state index in [2.05, 4.69) is 4.98 Å². The first-order valence-corrected chi connectivity index (χ1v) is 9.11. The minimum Gasteiger partial charge on any atom is -0.507 e. The van der Waals surface area contributed by atoms with Crippen LogP contribution in [0.4, 0.5) is 10.8 Å². The molecule has 0 aliphatic rings. The second-order valence-electron chi connectivity index (χ2n) is 5.86. The van der Waals surface area contributed by atoms with E-state index in [0.29, 0.717) is 22.1 Å². The Hall–Kier alpha value is -3.19. The molecule has 3 rings (SSSR count). The molecule has 27 heavy (non-hydrogen) atoms. The lowest BCUT2D eigenvalue weighted by atomic mass is 10.1. The number of aromatic hydroxyl groups is 1. The largest absolute Gasteiger partial charge is 0.507 e. The number of aryl methyl sites for hydroxylation is 1. The maximum atomic E-state index is 12.2. The quantitative estimate of drug-likeness (QED) is 0.669. The summed E-state index contributed by atoms with van der Waals surface area (Å²) >= 11 is 1.29.